The lowest BCUT2D eigenvalue weighted by atomic mass is 10.1. The maximum atomic E-state index is 13.1. The maximum Gasteiger partial charge on any atom is 0.337 e. The minimum absolute atomic E-state index is 0.104. The zero-order chi connectivity index (χ0) is 25.5. The van der Waals surface area contributed by atoms with Gasteiger partial charge < -0.3 is 14.8 Å². The van der Waals surface area contributed by atoms with E-state index in [1.165, 1.54) is 37.4 Å². The van der Waals surface area contributed by atoms with Crippen molar-refractivity contribution in [3.8, 4) is 11.5 Å². The van der Waals surface area contributed by atoms with Crippen molar-refractivity contribution in [2.75, 3.05) is 17.1 Å². The minimum atomic E-state index is -4.05. The molecule has 0 heterocycles. The van der Waals surface area contributed by atoms with Gasteiger partial charge in [-0.25, -0.2) is 13.2 Å². The lowest BCUT2D eigenvalue weighted by Crippen LogP contribution is -2.16. The van der Waals surface area contributed by atoms with E-state index in [0.29, 0.717) is 17.2 Å². The molecule has 0 aromatic heterocycles. The summed E-state index contributed by atoms with van der Waals surface area (Å²) >= 11 is 0. The number of esters is 1. The third kappa shape index (κ3) is 5.89. The second kappa shape index (κ2) is 10.7. The highest BCUT2D eigenvalue weighted by molar-refractivity contribution is 7.92. The van der Waals surface area contributed by atoms with Gasteiger partial charge in [-0.05, 0) is 60.7 Å². The van der Waals surface area contributed by atoms with Gasteiger partial charge in [0.15, 0.2) is 5.75 Å². The zero-order valence-corrected chi connectivity index (χ0v) is 20.0. The smallest absolute Gasteiger partial charge is 0.337 e. The lowest BCUT2D eigenvalue weighted by molar-refractivity contribution is 0.0600. The Bertz CT molecular complexity index is 1500. The highest BCUT2D eigenvalue weighted by Crippen LogP contribution is 2.31. The Morgan fingerprint density at radius 3 is 2.22 bits per heavy atom. The van der Waals surface area contributed by atoms with Gasteiger partial charge in [0.2, 0.25) is 0 Å². The van der Waals surface area contributed by atoms with Crippen molar-refractivity contribution in [1.82, 2.24) is 0 Å². The number of amides is 1. The zero-order valence-electron chi connectivity index (χ0n) is 19.2. The number of ether oxygens (including phenoxy) is 2. The summed E-state index contributed by atoms with van der Waals surface area (Å²) in [6, 6.07) is 27.5. The molecule has 0 radical (unpaired) electrons. The number of nitrogens with one attached hydrogen (secondary N) is 2. The Morgan fingerprint density at radius 1 is 0.750 bits per heavy atom. The number of hydrogen-bond acceptors (Lipinski definition) is 6. The molecule has 0 unspecified atom stereocenters. The van der Waals surface area contributed by atoms with E-state index in [1.54, 1.807) is 54.6 Å². The Labute approximate surface area is 208 Å². The predicted octanol–water partition coefficient (Wildman–Crippen LogP) is 5.32. The number of sulfonamides is 1. The summed E-state index contributed by atoms with van der Waals surface area (Å²) in [6.45, 7) is 0. The van der Waals surface area contributed by atoms with Crippen LogP contribution in [-0.4, -0.2) is 27.4 Å². The molecule has 9 heteroatoms. The van der Waals surface area contributed by atoms with Gasteiger partial charge in [0.05, 0.1) is 23.3 Å². The number of carbonyl (C=O) groups excluding carboxylic acids is 2. The van der Waals surface area contributed by atoms with E-state index in [4.69, 9.17) is 9.47 Å². The summed E-state index contributed by atoms with van der Waals surface area (Å²) in [5.41, 5.74) is 1.000. The van der Waals surface area contributed by atoms with Crippen molar-refractivity contribution in [2.24, 2.45) is 0 Å². The van der Waals surface area contributed by atoms with Crippen LogP contribution in [0.15, 0.2) is 108 Å². The molecule has 0 bridgehead atoms. The Balaban J connectivity index is 1.54. The van der Waals surface area contributed by atoms with Crippen molar-refractivity contribution >= 4 is 33.3 Å². The van der Waals surface area contributed by atoms with Crippen LogP contribution in [0.3, 0.4) is 0 Å². The van der Waals surface area contributed by atoms with E-state index >= 15 is 0 Å². The van der Waals surface area contributed by atoms with Crippen LogP contribution in [0.2, 0.25) is 0 Å². The lowest BCUT2D eigenvalue weighted by Gasteiger charge is -2.14. The average molecular weight is 503 g/mol. The molecule has 0 spiro atoms. The first kappa shape index (κ1) is 24.5. The van der Waals surface area contributed by atoms with Crippen molar-refractivity contribution in [3.05, 3.63) is 114 Å². The number of hydrogen-bond donors (Lipinski definition) is 2. The van der Waals surface area contributed by atoms with Gasteiger partial charge in [0, 0.05) is 11.3 Å². The molecular formula is C27H22N2O6S. The molecule has 2 N–H and O–H groups in total. The fourth-order valence-electron chi connectivity index (χ4n) is 3.31. The summed E-state index contributed by atoms with van der Waals surface area (Å²) in [5, 5.41) is 2.66. The molecule has 182 valence electrons. The topological polar surface area (TPSA) is 111 Å². The van der Waals surface area contributed by atoms with Crippen LogP contribution in [0.25, 0.3) is 0 Å². The summed E-state index contributed by atoms with van der Waals surface area (Å²) in [6.07, 6.45) is 0. The molecule has 0 saturated heterocycles. The average Bonchev–Trinajstić information content (AvgIpc) is 2.90. The van der Waals surface area contributed by atoms with Crippen molar-refractivity contribution in [2.45, 2.75) is 4.90 Å². The molecule has 0 saturated carbocycles. The van der Waals surface area contributed by atoms with Crippen molar-refractivity contribution in [1.29, 1.82) is 0 Å². The summed E-state index contributed by atoms with van der Waals surface area (Å²) < 4.78 is 39.3. The molecule has 0 aliphatic carbocycles. The minimum Gasteiger partial charge on any atom is -0.465 e. The Hall–Kier alpha value is -4.63. The van der Waals surface area contributed by atoms with Crippen LogP contribution in [0.1, 0.15) is 20.7 Å². The third-order valence-electron chi connectivity index (χ3n) is 5.05. The van der Waals surface area contributed by atoms with Crippen LogP contribution < -0.4 is 14.8 Å². The quantitative estimate of drug-likeness (QED) is 0.316. The van der Waals surface area contributed by atoms with Crippen LogP contribution in [0.4, 0.5) is 11.4 Å². The molecule has 0 atom stereocenters. The number of anilines is 2. The Kier molecular flexibility index (Phi) is 7.31. The summed E-state index contributed by atoms with van der Waals surface area (Å²) in [5.74, 6) is -0.200. The third-order valence-corrected chi connectivity index (χ3v) is 6.41. The number of methoxy groups -OCH3 is 1. The van der Waals surface area contributed by atoms with E-state index in [0.717, 1.165) is 0 Å². The predicted molar refractivity (Wildman–Crippen MR) is 136 cm³/mol. The Morgan fingerprint density at radius 2 is 1.44 bits per heavy atom. The van der Waals surface area contributed by atoms with Gasteiger partial charge in [0.1, 0.15) is 5.75 Å². The largest absolute Gasteiger partial charge is 0.465 e. The molecular weight excluding hydrogens is 480 g/mol. The fourth-order valence-corrected chi connectivity index (χ4v) is 4.42. The van der Waals surface area contributed by atoms with E-state index in [1.807, 2.05) is 18.2 Å². The molecule has 8 nitrogen and oxygen atoms in total. The molecule has 36 heavy (non-hydrogen) atoms. The van der Waals surface area contributed by atoms with Gasteiger partial charge in [-0.2, -0.15) is 0 Å². The molecule has 0 fully saturated rings. The monoisotopic (exact) mass is 502 g/mol. The van der Waals surface area contributed by atoms with Crippen LogP contribution in [0, 0.1) is 0 Å². The maximum absolute atomic E-state index is 13.1. The first-order valence-corrected chi connectivity index (χ1v) is 12.3. The van der Waals surface area contributed by atoms with Gasteiger partial charge >= 0.3 is 5.97 Å². The standard InChI is InChI=1S/C27H22N2O6S/c1-34-27(31)20-10-7-11-21(17-20)28-26(30)19-9-8-14-23(18-19)36(32,33)29-24-15-5-6-16-25(24)35-22-12-3-2-4-13-22/h2-18,29H,1H3,(H,28,30). The van der Waals surface area contributed by atoms with Gasteiger partial charge in [0.25, 0.3) is 15.9 Å². The number of para-hydroxylation sites is 3. The molecule has 4 rings (SSSR count). The molecule has 4 aromatic rings. The number of rotatable bonds is 8. The molecule has 0 aliphatic heterocycles. The second-order valence-electron chi connectivity index (χ2n) is 7.57. The molecule has 4 aromatic carbocycles. The fraction of sp³-hybridized carbons (Fsp3) is 0.0370. The highest BCUT2D eigenvalue weighted by atomic mass is 32.2. The van der Waals surface area contributed by atoms with E-state index < -0.39 is 21.9 Å². The van der Waals surface area contributed by atoms with Gasteiger partial charge in [-0.1, -0.05) is 42.5 Å². The second-order valence-corrected chi connectivity index (χ2v) is 9.25. The molecule has 0 aliphatic rings. The van der Waals surface area contributed by atoms with Crippen molar-refractivity contribution < 1.29 is 27.5 Å². The van der Waals surface area contributed by atoms with Crippen LogP contribution in [-0.2, 0) is 14.8 Å². The number of benzene rings is 4. The highest BCUT2D eigenvalue weighted by Gasteiger charge is 2.19. The first-order valence-electron chi connectivity index (χ1n) is 10.8. The summed E-state index contributed by atoms with van der Waals surface area (Å²) in [4.78, 5) is 24.4. The van der Waals surface area contributed by atoms with E-state index in [2.05, 4.69) is 10.0 Å². The van der Waals surface area contributed by atoms with Crippen LogP contribution in [0.5, 0.6) is 11.5 Å². The number of carbonyl (C=O) groups is 2. The first-order chi connectivity index (χ1) is 17.4. The van der Waals surface area contributed by atoms with Gasteiger partial charge in [-0.3, -0.25) is 9.52 Å². The van der Waals surface area contributed by atoms with Gasteiger partial charge in [-0.15, -0.1) is 0 Å². The normalized spacial score (nSPS) is 10.8. The SMILES string of the molecule is COC(=O)c1cccc(NC(=O)c2cccc(S(=O)(=O)Nc3ccccc3Oc3ccccc3)c2)c1. The summed E-state index contributed by atoms with van der Waals surface area (Å²) in [7, 11) is -2.79. The van der Waals surface area contributed by atoms with E-state index in [9.17, 15) is 18.0 Å². The molecule has 1 amide bonds. The van der Waals surface area contributed by atoms with E-state index in [-0.39, 0.29) is 21.7 Å². The van der Waals surface area contributed by atoms with Crippen molar-refractivity contribution in [3.63, 3.8) is 0 Å². The van der Waals surface area contributed by atoms with Crippen LogP contribution >= 0.6 is 0 Å².